The van der Waals surface area contributed by atoms with Crippen molar-refractivity contribution in [2.75, 3.05) is 37.1 Å². The summed E-state index contributed by atoms with van der Waals surface area (Å²) in [6.45, 7) is 2.72. The van der Waals surface area contributed by atoms with Gasteiger partial charge in [0.15, 0.2) is 5.69 Å². The first-order valence-corrected chi connectivity index (χ1v) is 6.84. The van der Waals surface area contributed by atoms with Crippen molar-refractivity contribution in [3.8, 4) is 5.88 Å². The number of hydrogen-bond acceptors (Lipinski definition) is 3. The van der Waals surface area contributed by atoms with Crippen LogP contribution < -0.4 is 9.75 Å². The molecule has 21 heavy (non-hydrogen) atoms. The van der Waals surface area contributed by atoms with Crippen molar-refractivity contribution < 1.29 is 22.7 Å². The van der Waals surface area contributed by atoms with Crippen LogP contribution in [-0.2, 0) is 6.18 Å². The largest absolute Gasteiger partial charge is 0.477 e. The standard InChI is InChI=1S/C11H14ClF3N4O2/c1-2-21-9-7-8(11(13,14)15)16-19(9)18-6-5-17(4-3-12)10(18)20/h7H,2-6H2,1H3. The average Bonchev–Trinajstić information content (AvgIpc) is 2.95. The molecule has 0 bridgehead atoms. The molecule has 1 aromatic heterocycles. The molecular weight excluding hydrogens is 313 g/mol. The molecule has 1 aliphatic heterocycles. The van der Waals surface area contributed by atoms with E-state index in [-0.39, 0.29) is 24.9 Å². The quantitative estimate of drug-likeness (QED) is 0.777. The van der Waals surface area contributed by atoms with Crippen molar-refractivity contribution >= 4 is 17.6 Å². The van der Waals surface area contributed by atoms with Crippen LogP contribution >= 0.6 is 11.6 Å². The molecule has 0 aliphatic carbocycles. The van der Waals surface area contributed by atoms with Gasteiger partial charge >= 0.3 is 12.2 Å². The van der Waals surface area contributed by atoms with Gasteiger partial charge in [0.2, 0.25) is 5.88 Å². The molecule has 1 saturated heterocycles. The number of aromatic nitrogens is 2. The van der Waals surface area contributed by atoms with E-state index in [9.17, 15) is 18.0 Å². The molecule has 2 amide bonds. The Hall–Kier alpha value is -1.64. The maximum atomic E-state index is 12.7. The van der Waals surface area contributed by atoms with Gasteiger partial charge in [-0.1, -0.05) is 0 Å². The van der Waals surface area contributed by atoms with E-state index in [1.165, 1.54) is 4.90 Å². The number of carbonyl (C=O) groups excluding carboxylic acids is 1. The highest BCUT2D eigenvalue weighted by atomic mass is 35.5. The molecule has 1 fully saturated rings. The Morgan fingerprint density at radius 3 is 2.71 bits per heavy atom. The summed E-state index contributed by atoms with van der Waals surface area (Å²) < 4.78 is 43.4. The van der Waals surface area contributed by atoms with E-state index in [2.05, 4.69) is 5.10 Å². The molecule has 1 aromatic rings. The van der Waals surface area contributed by atoms with E-state index in [0.29, 0.717) is 13.1 Å². The molecule has 0 spiro atoms. The summed E-state index contributed by atoms with van der Waals surface area (Å²) in [7, 11) is 0. The van der Waals surface area contributed by atoms with Crippen LogP contribution in [0.5, 0.6) is 5.88 Å². The molecule has 0 radical (unpaired) electrons. The summed E-state index contributed by atoms with van der Waals surface area (Å²) in [5.74, 6) is 0.135. The van der Waals surface area contributed by atoms with Gasteiger partial charge in [0, 0.05) is 25.0 Å². The van der Waals surface area contributed by atoms with Gasteiger partial charge in [-0.25, -0.2) is 9.80 Å². The monoisotopic (exact) mass is 326 g/mol. The number of urea groups is 1. The zero-order chi connectivity index (χ0) is 15.6. The second kappa shape index (κ2) is 6.00. The van der Waals surface area contributed by atoms with Crippen LogP contribution in [0.2, 0.25) is 0 Å². The molecule has 0 saturated carbocycles. The number of rotatable bonds is 5. The number of ether oxygens (including phenoxy) is 1. The normalized spacial score (nSPS) is 16.0. The van der Waals surface area contributed by atoms with Gasteiger partial charge < -0.3 is 9.64 Å². The van der Waals surface area contributed by atoms with Gasteiger partial charge in [-0.2, -0.15) is 13.2 Å². The first kappa shape index (κ1) is 15.7. The molecule has 2 rings (SSSR count). The lowest BCUT2D eigenvalue weighted by molar-refractivity contribution is -0.141. The Labute approximate surface area is 124 Å². The third-order valence-corrected chi connectivity index (χ3v) is 3.07. The van der Waals surface area contributed by atoms with E-state index in [1.54, 1.807) is 6.92 Å². The molecular formula is C11H14ClF3N4O2. The smallest absolute Gasteiger partial charge is 0.435 e. The Morgan fingerprint density at radius 1 is 1.43 bits per heavy atom. The van der Waals surface area contributed by atoms with Crippen molar-refractivity contribution in [1.82, 2.24) is 14.8 Å². The molecule has 2 heterocycles. The number of alkyl halides is 4. The first-order valence-electron chi connectivity index (χ1n) is 6.31. The maximum absolute atomic E-state index is 12.7. The third-order valence-electron chi connectivity index (χ3n) is 2.90. The average molecular weight is 327 g/mol. The van der Waals surface area contributed by atoms with E-state index >= 15 is 0 Å². The van der Waals surface area contributed by atoms with Crippen molar-refractivity contribution in [3.63, 3.8) is 0 Å². The zero-order valence-corrected chi connectivity index (χ0v) is 12.0. The summed E-state index contributed by atoms with van der Waals surface area (Å²) >= 11 is 5.58. The van der Waals surface area contributed by atoms with Gasteiger partial charge in [0.1, 0.15) is 0 Å². The molecule has 0 N–H and O–H groups in total. The topological polar surface area (TPSA) is 50.6 Å². The van der Waals surface area contributed by atoms with Crippen molar-refractivity contribution in [2.24, 2.45) is 0 Å². The van der Waals surface area contributed by atoms with Crippen molar-refractivity contribution in [3.05, 3.63) is 11.8 Å². The fourth-order valence-electron chi connectivity index (χ4n) is 1.97. The minimum Gasteiger partial charge on any atom is -0.477 e. The second-order valence-corrected chi connectivity index (χ2v) is 4.65. The second-order valence-electron chi connectivity index (χ2n) is 4.27. The van der Waals surface area contributed by atoms with E-state index in [4.69, 9.17) is 16.3 Å². The minimum absolute atomic E-state index is 0.120. The Kier molecular flexibility index (Phi) is 4.50. The molecule has 0 atom stereocenters. The Morgan fingerprint density at radius 2 is 2.14 bits per heavy atom. The molecule has 1 aliphatic rings. The van der Waals surface area contributed by atoms with Gasteiger partial charge in [0.25, 0.3) is 0 Å². The van der Waals surface area contributed by atoms with Crippen LogP contribution in [0.15, 0.2) is 6.07 Å². The summed E-state index contributed by atoms with van der Waals surface area (Å²) in [6.07, 6.45) is -4.60. The number of amides is 2. The molecule has 10 heteroatoms. The van der Waals surface area contributed by atoms with Crippen LogP contribution in [0.4, 0.5) is 18.0 Å². The van der Waals surface area contributed by atoms with Crippen LogP contribution in [0, 0.1) is 0 Å². The van der Waals surface area contributed by atoms with E-state index in [1.807, 2.05) is 0 Å². The Bertz CT molecular complexity index is 520. The van der Waals surface area contributed by atoms with Gasteiger partial charge in [-0.05, 0) is 6.92 Å². The van der Waals surface area contributed by atoms with Gasteiger partial charge in [-0.15, -0.1) is 21.5 Å². The molecule has 0 unspecified atom stereocenters. The van der Waals surface area contributed by atoms with Crippen molar-refractivity contribution in [2.45, 2.75) is 13.1 Å². The predicted molar refractivity (Wildman–Crippen MR) is 69.2 cm³/mol. The lowest BCUT2D eigenvalue weighted by Crippen LogP contribution is -2.41. The Balaban J connectivity index is 2.30. The lowest BCUT2D eigenvalue weighted by Gasteiger charge is -2.19. The minimum atomic E-state index is -4.60. The number of halogens is 4. The van der Waals surface area contributed by atoms with Crippen LogP contribution in [-0.4, -0.2) is 52.9 Å². The highest BCUT2D eigenvalue weighted by molar-refractivity contribution is 6.18. The van der Waals surface area contributed by atoms with Crippen LogP contribution in [0.1, 0.15) is 12.6 Å². The molecule has 0 aromatic carbocycles. The highest BCUT2D eigenvalue weighted by Gasteiger charge is 2.38. The van der Waals surface area contributed by atoms with Crippen molar-refractivity contribution in [1.29, 1.82) is 0 Å². The lowest BCUT2D eigenvalue weighted by atomic mass is 10.4. The predicted octanol–water partition coefficient (Wildman–Crippen LogP) is 1.91. The van der Waals surface area contributed by atoms with Crippen LogP contribution in [0.25, 0.3) is 0 Å². The molecule has 6 nitrogen and oxygen atoms in total. The fraction of sp³-hybridized carbons (Fsp3) is 0.636. The fourth-order valence-corrected chi connectivity index (χ4v) is 2.17. The highest BCUT2D eigenvalue weighted by Crippen LogP contribution is 2.31. The SMILES string of the molecule is CCOc1cc(C(F)(F)F)nn1N1CCN(CCCl)C1=O. The summed E-state index contributed by atoms with van der Waals surface area (Å²) in [4.78, 5) is 14.4. The number of hydrogen-bond donors (Lipinski definition) is 0. The van der Waals surface area contributed by atoms with Gasteiger partial charge in [-0.3, -0.25) is 0 Å². The number of carbonyl (C=O) groups is 1. The summed E-state index contributed by atoms with van der Waals surface area (Å²) in [6, 6.07) is 0.328. The third kappa shape index (κ3) is 3.17. The molecule has 118 valence electrons. The van der Waals surface area contributed by atoms with E-state index < -0.39 is 17.9 Å². The maximum Gasteiger partial charge on any atom is 0.435 e. The van der Waals surface area contributed by atoms with Crippen LogP contribution in [0.3, 0.4) is 0 Å². The first-order chi connectivity index (χ1) is 9.88. The zero-order valence-electron chi connectivity index (χ0n) is 11.2. The summed E-state index contributed by atoms with van der Waals surface area (Å²) in [5, 5.41) is 4.54. The summed E-state index contributed by atoms with van der Waals surface area (Å²) in [5.41, 5.74) is -1.10. The number of nitrogens with zero attached hydrogens (tertiary/aromatic N) is 4. The van der Waals surface area contributed by atoms with E-state index in [0.717, 1.165) is 15.9 Å². The van der Waals surface area contributed by atoms with Gasteiger partial charge in [0.05, 0.1) is 13.2 Å².